The number of sulfonamides is 1. The van der Waals surface area contributed by atoms with Crippen molar-refractivity contribution in [1.82, 2.24) is 15.3 Å². The second kappa shape index (κ2) is 13.0. The Balaban J connectivity index is 1.58. The quantitative estimate of drug-likeness (QED) is 0.299. The van der Waals surface area contributed by atoms with E-state index in [9.17, 15) is 26.4 Å². The molecule has 1 aromatic heterocycles. The summed E-state index contributed by atoms with van der Waals surface area (Å²) in [4.78, 5) is 20.7. The lowest BCUT2D eigenvalue weighted by molar-refractivity contribution is -0.137. The van der Waals surface area contributed by atoms with Gasteiger partial charge in [-0.15, -0.1) is 0 Å². The van der Waals surface area contributed by atoms with Crippen molar-refractivity contribution in [2.75, 3.05) is 48.6 Å². The number of nitrogens with zero attached hydrogens (tertiary/aromatic N) is 3. The summed E-state index contributed by atoms with van der Waals surface area (Å²) in [5.74, 6) is -0.702. The van der Waals surface area contributed by atoms with Gasteiger partial charge in [-0.25, -0.2) is 13.4 Å². The van der Waals surface area contributed by atoms with Crippen LogP contribution in [0.15, 0.2) is 42.6 Å². The van der Waals surface area contributed by atoms with E-state index in [1.165, 1.54) is 20.2 Å². The van der Waals surface area contributed by atoms with E-state index in [0.717, 1.165) is 16.1 Å². The molecule has 0 unspecified atom stereocenters. The third kappa shape index (κ3) is 8.04. The number of alkyl halides is 3. The minimum Gasteiger partial charge on any atom is -0.495 e. The number of rotatable bonds is 10. The molecule has 1 aliphatic heterocycles. The zero-order chi connectivity index (χ0) is 31.4. The Kier molecular flexibility index (Phi) is 9.65. The highest BCUT2D eigenvalue weighted by atomic mass is 32.2. The molecule has 0 spiro atoms. The first-order chi connectivity index (χ1) is 20.3. The first kappa shape index (κ1) is 31.8. The second-order valence-corrected chi connectivity index (χ2v) is 12.1. The topological polar surface area (TPSA) is 135 Å². The summed E-state index contributed by atoms with van der Waals surface area (Å²) < 4.78 is 77.7. The monoisotopic (exact) mass is 622 g/mol. The van der Waals surface area contributed by atoms with Gasteiger partial charge in [0.15, 0.2) is 0 Å². The summed E-state index contributed by atoms with van der Waals surface area (Å²) in [5.41, 5.74) is 1.11. The number of hydrogen-bond donors (Lipinski definition) is 3. The Hall–Kier alpha value is -4.11. The number of ether oxygens (including phenoxy) is 2. The summed E-state index contributed by atoms with van der Waals surface area (Å²) in [6.45, 7) is 2.77. The van der Waals surface area contributed by atoms with E-state index in [0.29, 0.717) is 54.8 Å². The molecule has 1 amide bonds. The van der Waals surface area contributed by atoms with Gasteiger partial charge < -0.3 is 25.4 Å². The number of carbonyl (C=O) groups is 1. The fraction of sp³-hybridized carbons (Fsp3) is 0.393. The SMILES string of the molecule is COc1cc(C(=O)NC2CCOCC2)ccc1Nc1ncc(C(F)(F)F)c(NCc2ccc(C)cc2N(C)S(C)(=O)=O)n1. The van der Waals surface area contributed by atoms with E-state index >= 15 is 0 Å². The average molecular weight is 623 g/mol. The molecule has 0 radical (unpaired) electrons. The molecule has 3 aromatic rings. The van der Waals surface area contributed by atoms with Crippen LogP contribution in [0.2, 0.25) is 0 Å². The van der Waals surface area contributed by atoms with E-state index in [-0.39, 0.29) is 30.2 Å². The molecule has 2 heterocycles. The van der Waals surface area contributed by atoms with Crippen molar-refractivity contribution < 1.29 is 35.9 Å². The Morgan fingerprint density at radius 1 is 1.16 bits per heavy atom. The largest absolute Gasteiger partial charge is 0.495 e. The van der Waals surface area contributed by atoms with E-state index in [4.69, 9.17) is 9.47 Å². The van der Waals surface area contributed by atoms with E-state index < -0.39 is 27.6 Å². The van der Waals surface area contributed by atoms with Crippen molar-refractivity contribution in [3.63, 3.8) is 0 Å². The Bertz CT molecular complexity index is 1580. The van der Waals surface area contributed by atoms with Crippen molar-refractivity contribution in [3.05, 3.63) is 64.8 Å². The van der Waals surface area contributed by atoms with Gasteiger partial charge in [0.1, 0.15) is 17.1 Å². The van der Waals surface area contributed by atoms with Crippen LogP contribution in [0, 0.1) is 6.92 Å². The molecule has 0 saturated carbocycles. The summed E-state index contributed by atoms with van der Waals surface area (Å²) >= 11 is 0. The molecule has 43 heavy (non-hydrogen) atoms. The maximum Gasteiger partial charge on any atom is 0.421 e. The van der Waals surface area contributed by atoms with Gasteiger partial charge in [-0.2, -0.15) is 18.2 Å². The predicted molar refractivity (Wildman–Crippen MR) is 156 cm³/mol. The lowest BCUT2D eigenvalue weighted by Crippen LogP contribution is -2.38. The molecular formula is C28H33F3N6O5S. The van der Waals surface area contributed by atoms with Gasteiger partial charge in [0.2, 0.25) is 16.0 Å². The minimum absolute atomic E-state index is 0.000669. The Morgan fingerprint density at radius 3 is 2.53 bits per heavy atom. The standard InChI is InChI=1S/C28H33F3N6O5S/c1-17-5-6-19(23(13-17)37(2)43(4,39)40)15-32-25-21(28(29,30)31)16-33-27(36-25)35-22-8-7-18(14-24(22)41-3)26(38)34-20-9-11-42-12-10-20/h5-8,13-14,16,20H,9-12,15H2,1-4H3,(H,34,38)(H2,32,33,35,36). The number of hydrogen-bond acceptors (Lipinski definition) is 9. The molecule has 15 heteroatoms. The van der Waals surface area contributed by atoms with Gasteiger partial charge in [-0.05, 0) is 55.2 Å². The van der Waals surface area contributed by atoms with Crippen LogP contribution in [0.25, 0.3) is 0 Å². The number of aromatic nitrogens is 2. The zero-order valence-corrected chi connectivity index (χ0v) is 24.9. The highest BCUT2D eigenvalue weighted by Crippen LogP contribution is 2.36. The van der Waals surface area contributed by atoms with Gasteiger partial charge >= 0.3 is 6.18 Å². The summed E-state index contributed by atoms with van der Waals surface area (Å²) in [7, 11) is -0.859. The number of aryl methyl sites for hydroxylation is 1. The third-order valence-electron chi connectivity index (χ3n) is 6.88. The van der Waals surface area contributed by atoms with Crippen molar-refractivity contribution in [3.8, 4) is 5.75 Å². The number of halogens is 3. The van der Waals surface area contributed by atoms with Crippen molar-refractivity contribution in [2.24, 2.45) is 0 Å². The average Bonchev–Trinajstić information content (AvgIpc) is 2.95. The highest BCUT2D eigenvalue weighted by molar-refractivity contribution is 7.92. The van der Waals surface area contributed by atoms with Gasteiger partial charge in [-0.1, -0.05) is 12.1 Å². The van der Waals surface area contributed by atoms with Crippen LogP contribution >= 0.6 is 0 Å². The Morgan fingerprint density at radius 2 is 1.88 bits per heavy atom. The first-order valence-electron chi connectivity index (χ1n) is 13.3. The molecule has 4 rings (SSSR count). The predicted octanol–water partition coefficient (Wildman–Crippen LogP) is 4.47. The maximum atomic E-state index is 13.9. The van der Waals surface area contributed by atoms with E-state index in [1.54, 1.807) is 37.3 Å². The smallest absolute Gasteiger partial charge is 0.421 e. The molecule has 3 N–H and O–H groups in total. The molecule has 11 nitrogen and oxygen atoms in total. The van der Waals surface area contributed by atoms with Crippen molar-refractivity contribution in [1.29, 1.82) is 0 Å². The van der Waals surface area contributed by atoms with E-state index in [1.807, 2.05) is 0 Å². The number of anilines is 4. The summed E-state index contributed by atoms with van der Waals surface area (Å²) in [6, 6.07) is 9.61. The van der Waals surface area contributed by atoms with Gasteiger partial charge in [0.05, 0.1) is 24.7 Å². The molecule has 1 aliphatic rings. The normalized spacial score (nSPS) is 14.2. The fourth-order valence-electron chi connectivity index (χ4n) is 4.43. The van der Waals surface area contributed by atoms with Crippen LogP contribution in [0.1, 0.15) is 39.9 Å². The number of nitrogens with one attached hydrogen (secondary N) is 3. The second-order valence-electron chi connectivity index (χ2n) is 10.1. The minimum atomic E-state index is -4.77. The summed E-state index contributed by atoms with van der Waals surface area (Å²) in [5, 5.41) is 8.51. The molecule has 0 atom stereocenters. The fourth-order valence-corrected chi connectivity index (χ4v) is 4.95. The molecule has 1 fully saturated rings. The lowest BCUT2D eigenvalue weighted by atomic mass is 10.1. The van der Waals surface area contributed by atoms with Crippen LogP contribution in [0.4, 0.5) is 36.3 Å². The maximum absolute atomic E-state index is 13.9. The number of methoxy groups -OCH3 is 1. The highest BCUT2D eigenvalue weighted by Gasteiger charge is 2.35. The molecule has 1 saturated heterocycles. The summed E-state index contributed by atoms with van der Waals surface area (Å²) in [6.07, 6.45) is -1.65. The van der Waals surface area contributed by atoms with Crippen LogP contribution < -0.4 is 25.0 Å². The molecule has 232 valence electrons. The van der Waals surface area contributed by atoms with Gasteiger partial charge in [-0.3, -0.25) is 9.10 Å². The molecule has 0 aliphatic carbocycles. The molecular weight excluding hydrogens is 589 g/mol. The third-order valence-corrected chi connectivity index (χ3v) is 8.08. The van der Waals surface area contributed by atoms with Gasteiger partial charge in [0, 0.05) is 44.6 Å². The number of amides is 1. The Labute approximate surface area is 247 Å². The lowest BCUT2D eigenvalue weighted by Gasteiger charge is -2.23. The van der Waals surface area contributed by atoms with Crippen molar-refractivity contribution in [2.45, 2.75) is 38.5 Å². The van der Waals surface area contributed by atoms with Crippen molar-refractivity contribution >= 4 is 39.1 Å². The molecule has 2 aromatic carbocycles. The number of carbonyl (C=O) groups excluding carboxylic acids is 1. The van der Waals surface area contributed by atoms with Crippen LogP contribution in [-0.4, -0.2) is 64.0 Å². The van der Waals surface area contributed by atoms with Crippen LogP contribution in [0.3, 0.4) is 0 Å². The molecule has 0 bridgehead atoms. The van der Waals surface area contributed by atoms with E-state index in [2.05, 4.69) is 25.9 Å². The first-order valence-corrected chi connectivity index (χ1v) is 15.2. The van der Waals surface area contributed by atoms with Gasteiger partial charge in [0.25, 0.3) is 5.91 Å². The van der Waals surface area contributed by atoms with Crippen LogP contribution in [-0.2, 0) is 27.5 Å². The number of benzene rings is 2. The van der Waals surface area contributed by atoms with Crippen LogP contribution in [0.5, 0.6) is 5.75 Å². The zero-order valence-electron chi connectivity index (χ0n) is 24.1.